The van der Waals surface area contributed by atoms with E-state index in [4.69, 9.17) is 20.4 Å². The second kappa shape index (κ2) is 10.9. The number of ether oxygens (including phenoxy) is 1. The molecular formula is C32H32N6O2. The largest absolute Gasteiger partial charge is 0.469 e. The number of esters is 1. The van der Waals surface area contributed by atoms with Crippen LogP contribution in [-0.4, -0.2) is 50.6 Å². The van der Waals surface area contributed by atoms with Gasteiger partial charge in [-0.05, 0) is 60.8 Å². The van der Waals surface area contributed by atoms with Crippen molar-refractivity contribution in [2.45, 2.75) is 19.9 Å². The van der Waals surface area contributed by atoms with Crippen molar-refractivity contribution in [3.8, 4) is 28.3 Å². The molecule has 202 valence electrons. The van der Waals surface area contributed by atoms with Gasteiger partial charge >= 0.3 is 5.97 Å². The van der Waals surface area contributed by atoms with Gasteiger partial charge in [0.15, 0.2) is 11.5 Å². The zero-order valence-corrected chi connectivity index (χ0v) is 22.7. The Morgan fingerprint density at radius 2 is 1.82 bits per heavy atom. The summed E-state index contributed by atoms with van der Waals surface area (Å²) in [5.74, 6) is 1.23. The summed E-state index contributed by atoms with van der Waals surface area (Å²) in [5, 5.41) is 0. The highest BCUT2D eigenvalue weighted by molar-refractivity contribution is 5.84. The summed E-state index contributed by atoms with van der Waals surface area (Å²) in [5.41, 5.74) is 12.7. The van der Waals surface area contributed by atoms with Gasteiger partial charge in [0.2, 0.25) is 0 Å². The number of carbonyl (C=O) groups is 1. The van der Waals surface area contributed by atoms with E-state index in [1.54, 1.807) is 6.20 Å². The summed E-state index contributed by atoms with van der Waals surface area (Å²) in [6.45, 7) is 4.65. The molecule has 3 aromatic heterocycles. The number of likely N-dealkylation sites (tertiary alicyclic amines) is 1. The van der Waals surface area contributed by atoms with Gasteiger partial charge in [0.05, 0.1) is 24.3 Å². The maximum absolute atomic E-state index is 12.0. The molecule has 0 spiro atoms. The molecule has 2 aromatic carbocycles. The van der Waals surface area contributed by atoms with Gasteiger partial charge in [0, 0.05) is 30.5 Å². The lowest BCUT2D eigenvalue weighted by Gasteiger charge is -2.19. The Morgan fingerprint density at radius 1 is 1.02 bits per heavy atom. The molecule has 1 aliphatic heterocycles. The van der Waals surface area contributed by atoms with Crippen LogP contribution < -0.4 is 5.73 Å². The molecule has 8 heteroatoms. The smallest absolute Gasteiger partial charge is 0.308 e. The molecule has 0 saturated carbocycles. The lowest BCUT2D eigenvalue weighted by molar-refractivity contribution is -0.146. The molecule has 0 aliphatic carbocycles. The average molecular weight is 533 g/mol. The van der Waals surface area contributed by atoms with Crippen molar-refractivity contribution in [3.63, 3.8) is 0 Å². The molecule has 5 aromatic rings. The van der Waals surface area contributed by atoms with E-state index >= 15 is 0 Å². The van der Waals surface area contributed by atoms with Crippen LogP contribution in [0.5, 0.6) is 0 Å². The van der Waals surface area contributed by atoms with Crippen molar-refractivity contribution >= 4 is 23.0 Å². The number of hydrogen-bond donors (Lipinski definition) is 1. The number of hydrogen-bond acceptors (Lipinski definition) is 7. The van der Waals surface area contributed by atoms with E-state index < -0.39 is 0 Å². The number of imidazole rings is 1. The molecular weight excluding hydrogens is 500 g/mol. The molecule has 40 heavy (non-hydrogen) atoms. The van der Waals surface area contributed by atoms with E-state index in [0.29, 0.717) is 17.6 Å². The Hall–Kier alpha value is -4.56. The Labute approximate surface area is 233 Å². The minimum absolute atomic E-state index is 0.0847. The lowest BCUT2D eigenvalue weighted by atomic mass is 9.93. The molecule has 4 heterocycles. The average Bonchev–Trinajstić information content (AvgIpc) is 3.62. The van der Waals surface area contributed by atoms with Crippen LogP contribution in [0.2, 0.25) is 0 Å². The second-order valence-corrected chi connectivity index (χ2v) is 10.4. The third-order valence-corrected chi connectivity index (χ3v) is 7.84. The molecule has 1 fully saturated rings. The summed E-state index contributed by atoms with van der Waals surface area (Å²) in [7, 11) is 1.46. The van der Waals surface area contributed by atoms with Gasteiger partial charge in [0.1, 0.15) is 11.3 Å². The van der Waals surface area contributed by atoms with Crippen LogP contribution in [0.3, 0.4) is 0 Å². The SMILES string of the molecule is COC(=O)C(C)C1CCN(Cc2ccc(-n3c(-c4cccnc4N)nc4ccc(-c5ccccc5)nc43)cc2)C1. The molecule has 1 aliphatic rings. The van der Waals surface area contributed by atoms with E-state index in [-0.39, 0.29) is 11.9 Å². The van der Waals surface area contributed by atoms with Gasteiger partial charge in [-0.3, -0.25) is 14.3 Å². The van der Waals surface area contributed by atoms with Gasteiger partial charge in [-0.15, -0.1) is 0 Å². The molecule has 0 bridgehead atoms. The molecule has 6 rings (SSSR count). The van der Waals surface area contributed by atoms with Gasteiger partial charge in [-0.2, -0.15) is 0 Å². The van der Waals surface area contributed by atoms with Crippen LogP contribution in [0.4, 0.5) is 5.82 Å². The fraction of sp³-hybridized carbons (Fsp3) is 0.250. The van der Waals surface area contributed by atoms with E-state index in [0.717, 1.165) is 59.7 Å². The van der Waals surface area contributed by atoms with Crippen molar-refractivity contribution in [2.24, 2.45) is 11.8 Å². The van der Waals surface area contributed by atoms with E-state index in [1.807, 2.05) is 49.4 Å². The minimum Gasteiger partial charge on any atom is -0.469 e. The van der Waals surface area contributed by atoms with Crippen LogP contribution in [0.15, 0.2) is 85.1 Å². The number of methoxy groups -OCH3 is 1. The first-order chi connectivity index (χ1) is 19.5. The molecule has 0 radical (unpaired) electrons. The van der Waals surface area contributed by atoms with E-state index in [1.165, 1.54) is 12.7 Å². The van der Waals surface area contributed by atoms with Gasteiger partial charge < -0.3 is 10.5 Å². The second-order valence-electron chi connectivity index (χ2n) is 10.4. The third-order valence-electron chi connectivity index (χ3n) is 7.84. The predicted octanol–water partition coefficient (Wildman–Crippen LogP) is 5.36. The Bertz CT molecular complexity index is 1650. The number of nitrogens with zero attached hydrogens (tertiary/aromatic N) is 5. The fourth-order valence-electron chi connectivity index (χ4n) is 5.56. The normalized spacial score (nSPS) is 16.3. The molecule has 2 unspecified atom stereocenters. The number of anilines is 1. The lowest BCUT2D eigenvalue weighted by Crippen LogP contribution is -2.26. The summed E-state index contributed by atoms with van der Waals surface area (Å²) < 4.78 is 7.02. The number of carbonyl (C=O) groups excluding carboxylic acids is 1. The minimum atomic E-state index is -0.127. The van der Waals surface area contributed by atoms with Gasteiger partial charge in [0.25, 0.3) is 0 Å². The molecule has 1 saturated heterocycles. The van der Waals surface area contributed by atoms with Crippen LogP contribution in [-0.2, 0) is 16.1 Å². The van der Waals surface area contributed by atoms with Crippen molar-refractivity contribution in [1.82, 2.24) is 24.4 Å². The van der Waals surface area contributed by atoms with Crippen LogP contribution in [0.25, 0.3) is 39.5 Å². The maximum atomic E-state index is 12.0. The summed E-state index contributed by atoms with van der Waals surface area (Å²) in [6.07, 6.45) is 2.68. The van der Waals surface area contributed by atoms with Gasteiger partial charge in [-0.25, -0.2) is 15.0 Å². The topological polar surface area (TPSA) is 99.2 Å². The highest BCUT2D eigenvalue weighted by Crippen LogP contribution is 2.32. The summed E-state index contributed by atoms with van der Waals surface area (Å²) >= 11 is 0. The van der Waals surface area contributed by atoms with Crippen LogP contribution in [0.1, 0.15) is 18.9 Å². The standard InChI is InChI=1S/C32H32N6O2/c1-21(32(39)40-2)24-16-18-37(20-24)19-22-10-12-25(13-11-22)38-30(26-9-6-17-34-29(26)33)36-28-15-14-27(35-31(28)38)23-7-4-3-5-8-23/h3-15,17,21,24H,16,18-20H2,1-2H3,(H2,33,34). The van der Waals surface area contributed by atoms with Crippen LogP contribution >= 0.6 is 0 Å². The first kappa shape index (κ1) is 25.7. The number of pyridine rings is 2. The molecule has 2 atom stereocenters. The Morgan fingerprint density at radius 3 is 2.58 bits per heavy atom. The summed E-state index contributed by atoms with van der Waals surface area (Å²) in [6, 6.07) is 26.4. The zero-order valence-electron chi connectivity index (χ0n) is 22.7. The van der Waals surface area contributed by atoms with Crippen molar-refractivity contribution < 1.29 is 9.53 Å². The third kappa shape index (κ3) is 4.94. The number of rotatable bonds is 7. The first-order valence-corrected chi connectivity index (χ1v) is 13.6. The van der Waals surface area contributed by atoms with Crippen molar-refractivity contribution in [1.29, 1.82) is 0 Å². The Balaban J connectivity index is 1.34. The maximum Gasteiger partial charge on any atom is 0.308 e. The van der Waals surface area contributed by atoms with Gasteiger partial charge in [-0.1, -0.05) is 49.4 Å². The quantitative estimate of drug-likeness (QED) is 0.282. The van der Waals surface area contributed by atoms with E-state index in [9.17, 15) is 4.79 Å². The van der Waals surface area contributed by atoms with Crippen molar-refractivity contribution in [3.05, 3.63) is 90.6 Å². The predicted molar refractivity (Wildman–Crippen MR) is 157 cm³/mol. The highest BCUT2D eigenvalue weighted by atomic mass is 16.5. The van der Waals surface area contributed by atoms with Crippen LogP contribution in [0, 0.1) is 11.8 Å². The molecule has 0 amide bonds. The Kier molecular flexibility index (Phi) is 7.00. The first-order valence-electron chi connectivity index (χ1n) is 13.6. The number of nitrogen functional groups attached to an aromatic ring is 1. The van der Waals surface area contributed by atoms with E-state index in [2.05, 4.69) is 50.8 Å². The highest BCUT2D eigenvalue weighted by Gasteiger charge is 2.31. The number of benzene rings is 2. The monoisotopic (exact) mass is 532 g/mol. The number of aromatic nitrogens is 4. The van der Waals surface area contributed by atoms with Crippen molar-refractivity contribution in [2.75, 3.05) is 25.9 Å². The zero-order chi connectivity index (χ0) is 27.6. The number of nitrogens with two attached hydrogens (primary N) is 1. The fourth-order valence-corrected chi connectivity index (χ4v) is 5.56. The molecule has 2 N–H and O–H groups in total. The summed E-state index contributed by atoms with van der Waals surface area (Å²) in [4.78, 5) is 28.7. The number of fused-ring (bicyclic) bond motifs is 1. The molecule has 8 nitrogen and oxygen atoms in total.